The molecule has 0 spiro atoms. The van der Waals surface area contributed by atoms with Crippen LogP contribution in [0.25, 0.3) is 0 Å². The van der Waals surface area contributed by atoms with Crippen LogP contribution >= 0.6 is 0 Å². The summed E-state index contributed by atoms with van der Waals surface area (Å²) in [5.74, 6) is -0.139. The normalized spacial score (nSPS) is 15.8. The standard InChI is InChI=1S/C13H10O2.C4H8O2/c14-12-9-5-4-8-11(12)13(15)10-6-2-1-3-7-10;1-5-2-4-3-6-4/h1-9,14H;4H,2-3H2,1H3. The highest BCUT2D eigenvalue weighted by Crippen LogP contribution is 2.19. The van der Waals surface area contributed by atoms with Crippen LogP contribution in [0.2, 0.25) is 0 Å². The molecule has 1 heterocycles. The number of rotatable bonds is 4. The molecule has 2 aromatic rings. The van der Waals surface area contributed by atoms with Gasteiger partial charge in [0.1, 0.15) is 11.9 Å². The van der Waals surface area contributed by atoms with E-state index in [9.17, 15) is 9.90 Å². The van der Waals surface area contributed by atoms with Gasteiger partial charge in [0.15, 0.2) is 5.78 Å². The summed E-state index contributed by atoms with van der Waals surface area (Å²) in [6.07, 6.45) is 0.426. The smallest absolute Gasteiger partial charge is 0.196 e. The fraction of sp³-hybridized carbons (Fsp3) is 0.235. The number of methoxy groups -OCH3 is 1. The van der Waals surface area contributed by atoms with Crippen LogP contribution in [0.3, 0.4) is 0 Å². The number of hydrogen-bond acceptors (Lipinski definition) is 4. The Balaban J connectivity index is 0.000000225. The van der Waals surface area contributed by atoms with Crippen LogP contribution in [0, 0.1) is 0 Å². The lowest BCUT2D eigenvalue weighted by Crippen LogP contribution is -2.00. The van der Waals surface area contributed by atoms with E-state index >= 15 is 0 Å². The van der Waals surface area contributed by atoms with E-state index in [0.717, 1.165) is 13.2 Å². The Morgan fingerprint density at radius 1 is 1.19 bits per heavy atom. The second-order valence-electron chi connectivity index (χ2n) is 4.62. The van der Waals surface area contributed by atoms with Crippen LogP contribution in [0.1, 0.15) is 15.9 Å². The van der Waals surface area contributed by atoms with Crippen molar-refractivity contribution in [2.45, 2.75) is 6.10 Å². The van der Waals surface area contributed by atoms with Crippen LogP contribution in [0.4, 0.5) is 0 Å². The Kier molecular flexibility index (Phi) is 5.49. The van der Waals surface area contributed by atoms with Gasteiger partial charge in [0.25, 0.3) is 0 Å². The van der Waals surface area contributed by atoms with E-state index < -0.39 is 0 Å². The topological polar surface area (TPSA) is 59.1 Å². The number of ketones is 1. The minimum absolute atomic E-state index is 0.0198. The molecule has 1 unspecified atom stereocenters. The molecule has 0 saturated carbocycles. The van der Waals surface area contributed by atoms with E-state index in [1.165, 1.54) is 6.07 Å². The molecule has 0 bridgehead atoms. The largest absolute Gasteiger partial charge is 0.507 e. The summed E-state index contributed by atoms with van der Waals surface area (Å²) in [7, 11) is 1.68. The molecule has 1 N–H and O–H groups in total. The maximum atomic E-state index is 11.9. The number of aromatic hydroxyl groups is 1. The van der Waals surface area contributed by atoms with Crippen molar-refractivity contribution < 1.29 is 19.4 Å². The first-order chi connectivity index (χ1) is 10.2. The fourth-order valence-electron chi connectivity index (χ4n) is 1.76. The average molecular weight is 286 g/mol. The van der Waals surface area contributed by atoms with Crippen LogP contribution in [0.5, 0.6) is 5.75 Å². The van der Waals surface area contributed by atoms with Crippen LogP contribution in [-0.2, 0) is 9.47 Å². The van der Waals surface area contributed by atoms with Gasteiger partial charge in [0.2, 0.25) is 0 Å². The van der Waals surface area contributed by atoms with Gasteiger partial charge in [-0.15, -0.1) is 0 Å². The Hall–Kier alpha value is -2.17. The molecule has 110 valence electrons. The Morgan fingerprint density at radius 2 is 1.81 bits per heavy atom. The van der Waals surface area contributed by atoms with E-state index in [0.29, 0.717) is 17.2 Å². The lowest BCUT2D eigenvalue weighted by atomic mass is 10.0. The molecule has 3 rings (SSSR count). The maximum Gasteiger partial charge on any atom is 0.196 e. The van der Waals surface area contributed by atoms with Crippen LogP contribution in [-0.4, -0.2) is 37.3 Å². The third kappa shape index (κ3) is 4.70. The second kappa shape index (κ2) is 7.57. The predicted octanol–water partition coefficient (Wildman–Crippen LogP) is 2.65. The first-order valence-electron chi connectivity index (χ1n) is 6.70. The first kappa shape index (κ1) is 15.2. The van der Waals surface area contributed by atoms with E-state index in [2.05, 4.69) is 0 Å². The minimum Gasteiger partial charge on any atom is -0.507 e. The second-order valence-corrected chi connectivity index (χ2v) is 4.62. The van der Waals surface area contributed by atoms with Crippen molar-refractivity contribution in [1.82, 2.24) is 0 Å². The van der Waals surface area contributed by atoms with Gasteiger partial charge >= 0.3 is 0 Å². The van der Waals surface area contributed by atoms with Crippen molar-refractivity contribution in [2.75, 3.05) is 20.3 Å². The maximum absolute atomic E-state index is 11.9. The molecule has 0 amide bonds. The third-order valence-electron chi connectivity index (χ3n) is 2.94. The predicted molar refractivity (Wildman–Crippen MR) is 79.6 cm³/mol. The number of epoxide rings is 1. The van der Waals surface area contributed by atoms with Crippen LogP contribution in [0.15, 0.2) is 54.6 Å². The number of para-hydroxylation sites is 1. The lowest BCUT2D eigenvalue weighted by molar-refractivity contribution is 0.103. The van der Waals surface area contributed by atoms with Gasteiger partial charge in [-0.1, -0.05) is 42.5 Å². The number of phenolic OH excluding ortho intramolecular Hbond substituents is 1. The zero-order valence-electron chi connectivity index (χ0n) is 11.9. The Bertz CT molecular complexity index is 576. The summed E-state index contributed by atoms with van der Waals surface area (Å²) in [5, 5.41) is 9.52. The molecule has 1 aliphatic rings. The molecule has 21 heavy (non-hydrogen) atoms. The monoisotopic (exact) mass is 286 g/mol. The molecule has 2 aromatic carbocycles. The van der Waals surface area contributed by atoms with Crippen molar-refractivity contribution in [3.05, 3.63) is 65.7 Å². The highest BCUT2D eigenvalue weighted by atomic mass is 16.6. The molecule has 1 atom stereocenters. The molecule has 1 aliphatic heterocycles. The van der Waals surface area contributed by atoms with Crippen LogP contribution < -0.4 is 0 Å². The molecule has 4 nitrogen and oxygen atoms in total. The molecule has 1 saturated heterocycles. The van der Waals surface area contributed by atoms with E-state index in [4.69, 9.17) is 9.47 Å². The lowest BCUT2D eigenvalue weighted by Gasteiger charge is -2.02. The van der Waals surface area contributed by atoms with Gasteiger partial charge in [-0.2, -0.15) is 0 Å². The summed E-state index contributed by atoms with van der Waals surface area (Å²) in [5.41, 5.74) is 0.919. The summed E-state index contributed by atoms with van der Waals surface area (Å²) in [6, 6.07) is 15.5. The molecule has 0 aliphatic carbocycles. The summed E-state index contributed by atoms with van der Waals surface area (Å²) in [4.78, 5) is 11.9. The Labute approximate surface area is 123 Å². The van der Waals surface area contributed by atoms with Crippen molar-refractivity contribution in [2.24, 2.45) is 0 Å². The quantitative estimate of drug-likeness (QED) is 0.693. The summed E-state index contributed by atoms with van der Waals surface area (Å²) < 4.78 is 9.56. The molecule has 4 heteroatoms. The molecular weight excluding hydrogens is 268 g/mol. The highest BCUT2D eigenvalue weighted by molar-refractivity contribution is 6.10. The Morgan fingerprint density at radius 3 is 2.33 bits per heavy atom. The van der Waals surface area contributed by atoms with Crippen molar-refractivity contribution in [3.8, 4) is 5.75 Å². The summed E-state index contributed by atoms with van der Waals surface area (Å²) in [6.45, 7) is 1.66. The molecular formula is C17H18O4. The first-order valence-corrected chi connectivity index (χ1v) is 6.70. The average Bonchev–Trinajstić information content (AvgIpc) is 3.33. The zero-order chi connectivity index (χ0) is 15.1. The number of ether oxygens (including phenoxy) is 2. The number of carbonyl (C=O) groups excluding carboxylic acids is 1. The number of carbonyl (C=O) groups is 1. The van der Waals surface area contributed by atoms with E-state index in [1.807, 2.05) is 6.07 Å². The van der Waals surface area contributed by atoms with E-state index in [-0.39, 0.29) is 11.5 Å². The van der Waals surface area contributed by atoms with Gasteiger partial charge in [-0.05, 0) is 12.1 Å². The third-order valence-corrected chi connectivity index (χ3v) is 2.94. The SMILES string of the molecule is COCC1CO1.O=C(c1ccccc1)c1ccccc1O. The number of phenols is 1. The van der Waals surface area contributed by atoms with Gasteiger partial charge in [-0.25, -0.2) is 0 Å². The van der Waals surface area contributed by atoms with E-state index in [1.54, 1.807) is 49.6 Å². The van der Waals surface area contributed by atoms with Gasteiger partial charge < -0.3 is 14.6 Å². The minimum atomic E-state index is -0.159. The molecule has 1 fully saturated rings. The van der Waals surface area contributed by atoms with Crippen molar-refractivity contribution in [1.29, 1.82) is 0 Å². The zero-order valence-corrected chi connectivity index (χ0v) is 11.9. The number of benzene rings is 2. The van der Waals surface area contributed by atoms with Crippen molar-refractivity contribution >= 4 is 5.78 Å². The fourth-order valence-corrected chi connectivity index (χ4v) is 1.76. The number of hydrogen-bond donors (Lipinski definition) is 1. The van der Waals surface area contributed by atoms with Gasteiger partial charge in [0, 0.05) is 12.7 Å². The van der Waals surface area contributed by atoms with Gasteiger partial charge in [-0.3, -0.25) is 4.79 Å². The highest BCUT2D eigenvalue weighted by Gasteiger charge is 2.21. The molecule has 0 aromatic heterocycles. The van der Waals surface area contributed by atoms with Crippen molar-refractivity contribution in [3.63, 3.8) is 0 Å². The molecule has 0 radical (unpaired) electrons. The van der Waals surface area contributed by atoms with Gasteiger partial charge in [0.05, 0.1) is 18.8 Å². The summed E-state index contributed by atoms with van der Waals surface area (Å²) >= 11 is 0.